The van der Waals surface area contributed by atoms with Crippen molar-refractivity contribution in [1.29, 1.82) is 5.26 Å². The third-order valence-electron chi connectivity index (χ3n) is 4.45. The van der Waals surface area contributed by atoms with Gasteiger partial charge in [0, 0.05) is 11.1 Å². The van der Waals surface area contributed by atoms with Crippen LogP contribution < -0.4 is 0 Å². The highest BCUT2D eigenvalue weighted by molar-refractivity contribution is 6.09. The molecule has 0 fully saturated rings. The Balaban J connectivity index is 1.86. The topological polar surface area (TPSA) is 61.1 Å². The third-order valence-corrected chi connectivity index (χ3v) is 4.45. The molecule has 26 heavy (non-hydrogen) atoms. The molecule has 2 unspecified atom stereocenters. The zero-order valence-corrected chi connectivity index (χ0v) is 14.5. The summed E-state index contributed by atoms with van der Waals surface area (Å²) in [5.41, 5.74) is 3.46. The number of nitriles is 1. The Hall–Kier alpha value is -3.22. The average molecular weight is 341 g/mol. The van der Waals surface area contributed by atoms with E-state index in [2.05, 4.69) is 6.07 Å². The number of benzene rings is 3. The molecular weight excluding hydrogens is 322 g/mol. The highest BCUT2D eigenvalue weighted by atomic mass is 16.3. The van der Waals surface area contributed by atoms with Gasteiger partial charge in [-0.25, -0.2) is 0 Å². The predicted molar refractivity (Wildman–Crippen MR) is 101 cm³/mol. The summed E-state index contributed by atoms with van der Waals surface area (Å²) in [5, 5.41) is 19.7. The molecule has 0 amide bonds. The number of hydrogen-bond acceptors (Lipinski definition) is 3. The lowest BCUT2D eigenvalue weighted by molar-refractivity contribution is 0.103. The number of carbonyl (C=O) groups excluding carboxylic acids is 1. The van der Waals surface area contributed by atoms with Crippen LogP contribution in [-0.2, 0) is 0 Å². The number of rotatable bonds is 5. The molecule has 0 spiro atoms. The van der Waals surface area contributed by atoms with Crippen LogP contribution in [0.5, 0.6) is 0 Å². The lowest BCUT2D eigenvalue weighted by Gasteiger charge is -2.14. The first-order valence-corrected chi connectivity index (χ1v) is 8.47. The summed E-state index contributed by atoms with van der Waals surface area (Å²) in [6.07, 6.45) is -0.829. The Morgan fingerprint density at radius 2 is 1.46 bits per heavy atom. The van der Waals surface area contributed by atoms with Crippen LogP contribution in [0.1, 0.15) is 51.6 Å². The first kappa shape index (κ1) is 17.6. The van der Waals surface area contributed by atoms with Crippen molar-refractivity contribution in [2.75, 3.05) is 0 Å². The SMILES string of the molecule is CC(C#N)c1ccc(C(O)c2cccc(C(=O)c3ccccc3)c2)cc1. The van der Waals surface area contributed by atoms with Gasteiger partial charge >= 0.3 is 0 Å². The molecule has 0 heterocycles. The van der Waals surface area contributed by atoms with Crippen molar-refractivity contribution in [2.45, 2.75) is 18.9 Å². The van der Waals surface area contributed by atoms with Crippen LogP contribution in [-0.4, -0.2) is 10.9 Å². The normalized spacial score (nSPS) is 12.8. The second-order valence-corrected chi connectivity index (χ2v) is 6.24. The second-order valence-electron chi connectivity index (χ2n) is 6.24. The first-order valence-electron chi connectivity index (χ1n) is 8.47. The molecule has 0 aliphatic carbocycles. The summed E-state index contributed by atoms with van der Waals surface area (Å²) in [5.74, 6) is -0.258. The molecule has 0 aliphatic heterocycles. The molecular formula is C23H19NO2. The molecule has 3 nitrogen and oxygen atoms in total. The fraction of sp³-hybridized carbons (Fsp3) is 0.130. The monoisotopic (exact) mass is 341 g/mol. The van der Waals surface area contributed by atoms with Gasteiger partial charge in [-0.15, -0.1) is 0 Å². The van der Waals surface area contributed by atoms with Crippen molar-refractivity contribution in [1.82, 2.24) is 0 Å². The zero-order chi connectivity index (χ0) is 18.5. The van der Waals surface area contributed by atoms with Crippen LogP contribution in [0.25, 0.3) is 0 Å². The summed E-state index contributed by atoms with van der Waals surface area (Å²) >= 11 is 0. The van der Waals surface area contributed by atoms with Crippen LogP contribution >= 0.6 is 0 Å². The maximum absolute atomic E-state index is 12.6. The molecule has 0 radical (unpaired) electrons. The molecule has 0 saturated carbocycles. The van der Waals surface area contributed by atoms with Crippen LogP contribution in [0.15, 0.2) is 78.9 Å². The Kier molecular flexibility index (Phi) is 5.26. The van der Waals surface area contributed by atoms with E-state index >= 15 is 0 Å². The number of aliphatic hydroxyl groups is 1. The smallest absolute Gasteiger partial charge is 0.193 e. The summed E-state index contributed by atoms with van der Waals surface area (Å²) in [6.45, 7) is 1.84. The molecule has 0 aliphatic rings. The van der Waals surface area contributed by atoms with Crippen molar-refractivity contribution in [3.8, 4) is 6.07 Å². The number of hydrogen-bond donors (Lipinski definition) is 1. The van der Waals surface area contributed by atoms with Gasteiger partial charge in [-0.2, -0.15) is 5.26 Å². The van der Waals surface area contributed by atoms with Crippen molar-refractivity contribution >= 4 is 5.78 Å². The molecule has 1 N–H and O–H groups in total. The zero-order valence-electron chi connectivity index (χ0n) is 14.5. The molecule has 3 aromatic rings. The number of aliphatic hydroxyl groups excluding tert-OH is 1. The summed E-state index contributed by atoms with van der Waals surface area (Å²) in [6, 6.07) is 25.7. The minimum atomic E-state index is -0.829. The van der Waals surface area contributed by atoms with Gasteiger partial charge in [0.1, 0.15) is 6.10 Å². The quantitative estimate of drug-likeness (QED) is 0.689. The highest BCUT2D eigenvalue weighted by Crippen LogP contribution is 2.25. The lowest BCUT2D eigenvalue weighted by Crippen LogP contribution is -2.05. The lowest BCUT2D eigenvalue weighted by atomic mass is 9.94. The van der Waals surface area contributed by atoms with Crippen LogP contribution in [0.2, 0.25) is 0 Å². The molecule has 128 valence electrons. The number of nitrogens with zero attached hydrogens (tertiary/aromatic N) is 1. The molecule has 3 heteroatoms. The van der Waals surface area contributed by atoms with E-state index in [4.69, 9.17) is 5.26 Å². The van der Waals surface area contributed by atoms with Gasteiger partial charge in [-0.05, 0) is 29.7 Å². The molecule has 3 aromatic carbocycles. The summed E-state index contributed by atoms with van der Waals surface area (Å²) in [7, 11) is 0. The molecule has 0 bridgehead atoms. The molecule has 0 aromatic heterocycles. The standard InChI is InChI=1S/C23H19NO2/c1-16(15-24)17-10-12-19(13-11-17)23(26)21-9-5-8-20(14-21)22(25)18-6-3-2-4-7-18/h2-14,16,23,26H,1H3. The average Bonchev–Trinajstić information content (AvgIpc) is 2.73. The first-order chi connectivity index (χ1) is 12.6. The molecule has 0 saturated heterocycles. The van der Waals surface area contributed by atoms with E-state index in [-0.39, 0.29) is 11.7 Å². The van der Waals surface area contributed by atoms with Crippen molar-refractivity contribution in [3.63, 3.8) is 0 Å². The second kappa shape index (κ2) is 7.77. The van der Waals surface area contributed by atoms with E-state index in [0.717, 1.165) is 11.1 Å². The maximum Gasteiger partial charge on any atom is 0.193 e. The van der Waals surface area contributed by atoms with Gasteiger partial charge in [0.2, 0.25) is 0 Å². The Morgan fingerprint density at radius 3 is 2.12 bits per heavy atom. The van der Waals surface area contributed by atoms with E-state index in [0.29, 0.717) is 16.7 Å². The minimum Gasteiger partial charge on any atom is -0.384 e. The van der Waals surface area contributed by atoms with E-state index in [1.807, 2.05) is 49.4 Å². The maximum atomic E-state index is 12.6. The van der Waals surface area contributed by atoms with Gasteiger partial charge in [0.15, 0.2) is 5.78 Å². The predicted octanol–water partition coefficient (Wildman–Crippen LogP) is 4.63. The fourth-order valence-electron chi connectivity index (χ4n) is 2.84. The number of ketones is 1. The van der Waals surface area contributed by atoms with Gasteiger partial charge < -0.3 is 5.11 Å². The third kappa shape index (κ3) is 3.72. The van der Waals surface area contributed by atoms with Gasteiger partial charge in [-0.3, -0.25) is 4.79 Å². The van der Waals surface area contributed by atoms with E-state index in [1.54, 1.807) is 36.4 Å². The van der Waals surface area contributed by atoms with E-state index in [1.165, 1.54) is 0 Å². The largest absolute Gasteiger partial charge is 0.384 e. The number of carbonyl (C=O) groups is 1. The molecule has 3 rings (SSSR count). The fourth-order valence-corrected chi connectivity index (χ4v) is 2.84. The van der Waals surface area contributed by atoms with Crippen molar-refractivity contribution < 1.29 is 9.90 Å². The van der Waals surface area contributed by atoms with Gasteiger partial charge in [-0.1, -0.05) is 72.8 Å². The van der Waals surface area contributed by atoms with Crippen LogP contribution in [0.3, 0.4) is 0 Å². The Morgan fingerprint density at radius 1 is 0.846 bits per heavy atom. The summed E-state index contributed by atoms with van der Waals surface area (Å²) < 4.78 is 0. The van der Waals surface area contributed by atoms with E-state index in [9.17, 15) is 9.90 Å². The Labute approximate surface area is 153 Å². The summed E-state index contributed by atoms with van der Waals surface area (Å²) in [4.78, 5) is 12.6. The minimum absolute atomic E-state index is 0.0714. The highest BCUT2D eigenvalue weighted by Gasteiger charge is 2.15. The van der Waals surface area contributed by atoms with Gasteiger partial charge in [0.05, 0.1) is 12.0 Å². The van der Waals surface area contributed by atoms with Gasteiger partial charge in [0.25, 0.3) is 0 Å². The van der Waals surface area contributed by atoms with Crippen molar-refractivity contribution in [3.05, 3.63) is 107 Å². The van der Waals surface area contributed by atoms with E-state index < -0.39 is 6.10 Å². The van der Waals surface area contributed by atoms with Crippen LogP contribution in [0, 0.1) is 11.3 Å². The van der Waals surface area contributed by atoms with Crippen molar-refractivity contribution in [2.24, 2.45) is 0 Å². The van der Waals surface area contributed by atoms with Crippen LogP contribution in [0.4, 0.5) is 0 Å². The molecule has 2 atom stereocenters. The Bertz CT molecular complexity index is 940.